The van der Waals surface area contributed by atoms with Crippen molar-refractivity contribution in [3.8, 4) is 0 Å². The van der Waals surface area contributed by atoms with E-state index in [1.54, 1.807) is 28.2 Å². The van der Waals surface area contributed by atoms with Gasteiger partial charge in [0.2, 0.25) is 12.8 Å². The van der Waals surface area contributed by atoms with E-state index in [-0.39, 0.29) is 5.48 Å². The molecule has 0 aromatic carbocycles. The van der Waals surface area contributed by atoms with Gasteiger partial charge in [-0.05, 0) is 0 Å². The van der Waals surface area contributed by atoms with Gasteiger partial charge in [0.1, 0.15) is 0 Å². The van der Waals surface area contributed by atoms with Crippen molar-refractivity contribution < 1.29 is 15.1 Å². The van der Waals surface area contributed by atoms with Crippen LogP contribution in [0.1, 0.15) is 0 Å². The fourth-order valence-corrected chi connectivity index (χ4v) is 0. The first-order valence-electron chi connectivity index (χ1n) is 2.78. The summed E-state index contributed by atoms with van der Waals surface area (Å²) < 4.78 is 0. The van der Waals surface area contributed by atoms with Gasteiger partial charge in [0, 0.05) is 28.2 Å². The Morgan fingerprint density at radius 2 is 0.909 bits per heavy atom. The lowest BCUT2D eigenvalue weighted by molar-refractivity contribution is -0.116. The second kappa shape index (κ2) is 11.7. The molecule has 0 rings (SSSR count). The van der Waals surface area contributed by atoms with Crippen molar-refractivity contribution in [3.63, 3.8) is 0 Å². The summed E-state index contributed by atoms with van der Waals surface area (Å²) in [5, 5.41) is 0. The number of carbonyl (C=O) groups excluding carboxylic acids is 2. The molecule has 5 heteroatoms. The molecule has 11 heavy (non-hydrogen) atoms. The largest absolute Gasteiger partial charge is 0.412 e. The first-order chi connectivity index (χ1) is 4.54. The highest BCUT2D eigenvalue weighted by Crippen LogP contribution is 1.52. The highest BCUT2D eigenvalue weighted by Gasteiger charge is 1.68. The fourth-order valence-electron chi connectivity index (χ4n) is 0. The predicted octanol–water partition coefficient (Wildman–Crippen LogP) is -1.42. The Labute approximate surface area is 66.9 Å². The van der Waals surface area contributed by atoms with E-state index >= 15 is 0 Å². The van der Waals surface area contributed by atoms with Gasteiger partial charge in [0.05, 0.1) is 0 Å². The molecule has 0 saturated carbocycles. The standard InChI is InChI=1S/2C3H7NO.H2O/c2*1-4(2)3-5;/h2*3H,1-2H3;1H2. The maximum absolute atomic E-state index is 9.43. The Morgan fingerprint density at radius 3 is 0.909 bits per heavy atom. The molecule has 0 aromatic heterocycles. The highest BCUT2D eigenvalue weighted by atomic mass is 16.1. The van der Waals surface area contributed by atoms with Gasteiger partial charge in [-0.15, -0.1) is 0 Å². The molecular weight excluding hydrogens is 148 g/mol. The number of rotatable bonds is 2. The van der Waals surface area contributed by atoms with Crippen LogP contribution in [0.3, 0.4) is 0 Å². The van der Waals surface area contributed by atoms with Crippen molar-refractivity contribution in [2.24, 2.45) is 0 Å². The van der Waals surface area contributed by atoms with E-state index in [0.717, 1.165) is 12.8 Å². The van der Waals surface area contributed by atoms with Crippen LogP contribution in [-0.2, 0) is 9.59 Å². The smallest absolute Gasteiger partial charge is 0.209 e. The molecule has 0 unspecified atom stereocenters. The van der Waals surface area contributed by atoms with Crippen molar-refractivity contribution in [3.05, 3.63) is 0 Å². The van der Waals surface area contributed by atoms with Crippen LogP contribution >= 0.6 is 0 Å². The van der Waals surface area contributed by atoms with E-state index < -0.39 is 0 Å². The normalized spacial score (nSPS) is 6.18. The topological polar surface area (TPSA) is 72.1 Å². The van der Waals surface area contributed by atoms with Gasteiger partial charge < -0.3 is 15.3 Å². The molecule has 0 bridgehead atoms. The lowest BCUT2D eigenvalue weighted by atomic mass is 11.0. The summed E-state index contributed by atoms with van der Waals surface area (Å²) in [4.78, 5) is 21.8. The number of amides is 2. The molecule has 0 spiro atoms. The van der Waals surface area contributed by atoms with Gasteiger partial charge in [-0.3, -0.25) is 9.59 Å². The van der Waals surface area contributed by atoms with Crippen LogP contribution in [-0.4, -0.2) is 56.3 Å². The summed E-state index contributed by atoms with van der Waals surface area (Å²) in [6.45, 7) is 0. The van der Waals surface area contributed by atoms with Gasteiger partial charge >= 0.3 is 0 Å². The van der Waals surface area contributed by atoms with Crippen LogP contribution in [0.15, 0.2) is 0 Å². The molecule has 2 N–H and O–H groups in total. The van der Waals surface area contributed by atoms with Crippen LogP contribution < -0.4 is 0 Å². The Balaban J connectivity index is -0.000000107. The predicted molar refractivity (Wildman–Crippen MR) is 43.1 cm³/mol. The van der Waals surface area contributed by atoms with Crippen LogP contribution in [0.2, 0.25) is 0 Å². The Hall–Kier alpha value is -1.10. The summed E-state index contributed by atoms with van der Waals surface area (Å²) in [6, 6.07) is 0. The quantitative estimate of drug-likeness (QED) is 0.470. The molecule has 0 aliphatic carbocycles. The van der Waals surface area contributed by atoms with E-state index in [0.29, 0.717) is 0 Å². The second-order valence-corrected chi connectivity index (χ2v) is 2.14. The molecule has 0 heterocycles. The van der Waals surface area contributed by atoms with Crippen LogP contribution in [0.25, 0.3) is 0 Å². The molecule has 0 radical (unpaired) electrons. The minimum Gasteiger partial charge on any atom is -0.412 e. The lowest BCUT2D eigenvalue weighted by Gasteiger charge is -1.93. The van der Waals surface area contributed by atoms with E-state index in [9.17, 15) is 9.59 Å². The van der Waals surface area contributed by atoms with E-state index in [2.05, 4.69) is 0 Å². The minimum atomic E-state index is 0. The SMILES string of the molecule is CN(C)C=O.CN(C)C=O.O. The van der Waals surface area contributed by atoms with E-state index in [1.807, 2.05) is 0 Å². The van der Waals surface area contributed by atoms with Crippen molar-refractivity contribution in [1.82, 2.24) is 9.80 Å². The monoisotopic (exact) mass is 164 g/mol. The highest BCUT2D eigenvalue weighted by molar-refractivity contribution is 5.45. The summed E-state index contributed by atoms with van der Waals surface area (Å²) in [6.07, 6.45) is 1.50. The summed E-state index contributed by atoms with van der Waals surface area (Å²) in [5.41, 5.74) is 0. The molecular formula is C6H16N2O3. The number of carbonyl (C=O) groups is 2. The summed E-state index contributed by atoms with van der Waals surface area (Å²) >= 11 is 0. The van der Waals surface area contributed by atoms with Gasteiger partial charge in [0.25, 0.3) is 0 Å². The van der Waals surface area contributed by atoms with Crippen molar-refractivity contribution in [1.29, 1.82) is 0 Å². The molecule has 0 aliphatic heterocycles. The lowest BCUT2D eigenvalue weighted by Crippen LogP contribution is -2.06. The zero-order valence-corrected chi connectivity index (χ0v) is 7.37. The first kappa shape index (κ1) is 16.5. The summed E-state index contributed by atoms with van der Waals surface area (Å²) in [5.74, 6) is 0. The van der Waals surface area contributed by atoms with Crippen LogP contribution in [0.5, 0.6) is 0 Å². The number of hydrogen-bond acceptors (Lipinski definition) is 2. The van der Waals surface area contributed by atoms with Gasteiger partial charge in [-0.25, -0.2) is 0 Å². The number of nitrogens with zero attached hydrogens (tertiary/aromatic N) is 2. The zero-order valence-electron chi connectivity index (χ0n) is 7.37. The fraction of sp³-hybridized carbons (Fsp3) is 0.667. The Kier molecular flexibility index (Phi) is 17.5. The van der Waals surface area contributed by atoms with Crippen LogP contribution in [0, 0.1) is 0 Å². The molecule has 68 valence electrons. The Morgan fingerprint density at radius 1 is 0.818 bits per heavy atom. The molecule has 0 aliphatic rings. The molecule has 2 amide bonds. The molecule has 0 aromatic rings. The molecule has 0 atom stereocenters. The first-order valence-corrected chi connectivity index (χ1v) is 2.78. The third-order valence-corrected chi connectivity index (χ3v) is 0.422. The maximum atomic E-state index is 9.43. The minimum absolute atomic E-state index is 0. The summed E-state index contributed by atoms with van der Waals surface area (Å²) in [7, 11) is 6.75. The van der Waals surface area contributed by atoms with Gasteiger partial charge in [-0.2, -0.15) is 0 Å². The Bertz CT molecular complexity index is 81.8. The average Bonchev–Trinajstić information content (AvgIpc) is 1.89. The van der Waals surface area contributed by atoms with Crippen molar-refractivity contribution >= 4 is 12.8 Å². The zero-order chi connectivity index (χ0) is 8.57. The third kappa shape index (κ3) is 50.4. The molecule has 0 saturated heterocycles. The van der Waals surface area contributed by atoms with Crippen molar-refractivity contribution in [2.45, 2.75) is 0 Å². The molecule has 5 nitrogen and oxygen atoms in total. The second-order valence-electron chi connectivity index (χ2n) is 2.14. The van der Waals surface area contributed by atoms with E-state index in [4.69, 9.17) is 0 Å². The van der Waals surface area contributed by atoms with Crippen LogP contribution in [0.4, 0.5) is 0 Å². The van der Waals surface area contributed by atoms with Gasteiger partial charge in [-0.1, -0.05) is 0 Å². The third-order valence-electron chi connectivity index (χ3n) is 0.422. The van der Waals surface area contributed by atoms with Gasteiger partial charge in [0.15, 0.2) is 0 Å². The molecule has 0 fully saturated rings. The number of hydrogen-bond donors (Lipinski definition) is 0. The maximum Gasteiger partial charge on any atom is 0.209 e. The van der Waals surface area contributed by atoms with Crippen molar-refractivity contribution in [2.75, 3.05) is 28.2 Å². The van der Waals surface area contributed by atoms with E-state index in [1.165, 1.54) is 9.80 Å². The average molecular weight is 164 g/mol.